The first-order valence-electron chi connectivity index (χ1n) is 20.0. The predicted octanol–water partition coefficient (Wildman–Crippen LogP) is 13.1. The van der Waals surface area contributed by atoms with E-state index < -0.39 is 26.7 Å². The van der Waals surface area contributed by atoms with E-state index in [1.165, 1.54) is 11.1 Å². The second-order valence-corrected chi connectivity index (χ2v) is 17.8. The Kier molecular flexibility index (Phi) is 14.7. The van der Waals surface area contributed by atoms with Crippen LogP contribution in [0, 0.1) is 0 Å². The van der Waals surface area contributed by atoms with Crippen LogP contribution in [-0.2, 0) is 29.0 Å². The molecular weight excluding hydrogens is 787 g/mol. The zero-order valence-electron chi connectivity index (χ0n) is 34.2. The van der Waals surface area contributed by atoms with Gasteiger partial charge in [0.25, 0.3) is 0 Å². The molecule has 0 bridgehead atoms. The van der Waals surface area contributed by atoms with Gasteiger partial charge in [0.15, 0.2) is 5.60 Å². The monoisotopic (exact) mass is 838 g/mol. The minimum Gasteiger partial charge on any atom is -0.302 e. The number of phosphoric ester groups is 1. The van der Waals surface area contributed by atoms with Crippen LogP contribution in [0.5, 0.6) is 0 Å². The molecule has 9 heteroatoms. The molecule has 0 saturated carbocycles. The molecule has 0 heterocycles. The van der Waals surface area contributed by atoms with Crippen molar-refractivity contribution in [3.63, 3.8) is 0 Å². The van der Waals surface area contributed by atoms with E-state index in [0.717, 1.165) is 35.1 Å². The Balaban J connectivity index is 1.89. The molecule has 1 atom stereocenters. The minimum atomic E-state index is -5.63. The maximum absolute atomic E-state index is 14.4. The van der Waals surface area contributed by atoms with Crippen LogP contribution in [0.3, 0.4) is 0 Å². The van der Waals surface area contributed by atoms with Crippen LogP contribution in [-0.4, -0.2) is 14.7 Å². The van der Waals surface area contributed by atoms with Crippen molar-refractivity contribution < 1.29 is 32.6 Å². The van der Waals surface area contributed by atoms with Gasteiger partial charge in [-0.05, 0) is 85.4 Å². The average molecular weight is 839 g/mol. The highest BCUT2D eigenvalue weighted by Crippen LogP contribution is 2.65. The molecular formula is C51H52O7P2. The molecule has 0 aliphatic heterocycles. The smallest absolute Gasteiger partial charge is 0.302 e. The third-order valence-corrected chi connectivity index (χ3v) is 12.8. The van der Waals surface area contributed by atoms with E-state index in [1.807, 2.05) is 121 Å². The Bertz CT molecular complexity index is 2340. The van der Waals surface area contributed by atoms with Crippen LogP contribution in [0.4, 0.5) is 0 Å². The third kappa shape index (κ3) is 10.4. The normalized spacial score (nSPS) is 13.9. The number of phosphoric acid groups is 2. The molecule has 6 rings (SSSR count). The maximum Gasteiger partial charge on any atom is 0.482 e. The first-order chi connectivity index (χ1) is 28.9. The van der Waals surface area contributed by atoms with E-state index in [-0.39, 0.29) is 0 Å². The maximum atomic E-state index is 14.4. The zero-order chi connectivity index (χ0) is 42.6. The van der Waals surface area contributed by atoms with Gasteiger partial charge in [-0.1, -0.05) is 205 Å². The van der Waals surface area contributed by atoms with Gasteiger partial charge in [0.2, 0.25) is 0 Å². The number of rotatable bonds is 18. The highest BCUT2D eigenvalue weighted by molar-refractivity contribution is 7.60. The summed E-state index contributed by atoms with van der Waals surface area (Å²) in [5.41, 5.74) is 5.06. The fraction of sp³-hybridized carbons (Fsp3) is 0.176. The van der Waals surface area contributed by atoms with Crippen molar-refractivity contribution in [1.29, 1.82) is 0 Å². The lowest BCUT2D eigenvalue weighted by molar-refractivity contribution is 0.106. The number of benzene rings is 6. The molecule has 0 aromatic heterocycles. The van der Waals surface area contributed by atoms with Crippen LogP contribution >= 0.6 is 15.6 Å². The molecule has 0 aliphatic carbocycles. The third-order valence-electron chi connectivity index (χ3n) is 10.6. The van der Waals surface area contributed by atoms with E-state index >= 15 is 0 Å². The van der Waals surface area contributed by atoms with Crippen LogP contribution in [0.15, 0.2) is 211 Å². The van der Waals surface area contributed by atoms with E-state index in [2.05, 4.69) is 69.3 Å². The van der Waals surface area contributed by atoms with Crippen molar-refractivity contribution >= 4 is 21.2 Å². The van der Waals surface area contributed by atoms with Crippen molar-refractivity contribution in [2.24, 2.45) is 0 Å². The van der Waals surface area contributed by atoms with Crippen molar-refractivity contribution in [2.45, 2.75) is 57.5 Å². The van der Waals surface area contributed by atoms with E-state index in [1.54, 1.807) is 24.3 Å². The van der Waals surface area contributed by atoms with Gasteiger partial charge in [-0.25, -0.2) is 9.13 Å². The summed E-state index contributed by atoms with van der Waals surface area (Å²) in [7, 11) is -11.2. The fourth-order valence-corrected chi connectivity index (χ4v) is 10.1. The van der Waals surface area contributed by atoms with Gasteiger partial charge in [-0.15, -0.1) is 0 Å². The van der Waals surface area contributed by atoms with Crippen molar-refractivity contribution in [3.05, 3.63) is 244 Å². The summed E-state index contributed by atoms with van der Waals surface area (Å²) in [5.74, 6) is 0. The van der Waals surface area contributed by atoms with Gasteiger partial charge in [-0.2, -0.15) is 4.31 Å². The van der Waals surface area contributed by atoms with Crippen LogP contribution in [0.25, 0.3) is 5.57 Å². The molecule has 0 radical (unpaired) electrons. The Morgan fingerprint density at radius 3 is 1.27 bits per heavy atom. The largest absolute Gasteiger partial charge is 0.482 e. The van der Waals surface area contributed by atoms with Gasteiger partial charge in [0.05, 0.1) is 5.41 Å². The molecule has 7 nitrogen and oxygen atoms in total. The summed E-state index contributed by atoms with van der Waals surface area (Å²) < 4.78 is 38.2. The van der Waals surface area contributed by atoms with E-state index in [4.69, 9.17) is 8.83 Å². The van der Waals surface area contributed by atoms with Gasteiger partial charge in [0.1, 0.15) is 0 Å². The van der Waals surface area contributed by atoms with Crippen molar-refractivity contribution in [2.75, 3.05) is 0 Å². The van der Waals surface area contributed by atoms with E-state index in [9.17, 15) is 23.8 Å². The molecule has 6 aromatic rings. The second kappa shape index (κ2) is 19.9. The fourth-order valence-electron chi connectivity index (χ4n) is 8.21. The molecule has 1 unspecified atom stereocenters. The van der Waals surface area contributed by atoms with Gasteiger partial charge in [0, 0.05) is 5.57 Å². The summed E-state index contributed by atoms with van der Waals surface area (Å²) in [5, 5.41) is 0. The van der Waals surface area contributed by atoms with Crippen LogP contribution in [0.2, 0.25) is 0 Å². The lowest BCUT2D eigenvalue weighted by Gasteiger charge is -2.45. The molecule has 6 aromatic carbocycles. The molecule has 0 saturated heterocycles. The summed E-state index contributed by atoms with van der Waals surface area (Å²) in [6.07, 6.45) is 7.29. The lowest BCUT2D eigenvalue weighted by atomic mass is 9.59. The summed E-state index contributed by atoms with van der Waals surface area (Å²) in [4.78, 5) is 31.8. The molecule has 308 valence electrons. The molecule has 3 N–H and O–H groups in total. The first-order valence-corrected chi connectivity index (χ1v) is 23.1. The standard InChI is InChI=1S/C51H52O7P2/c1-40(2)24-22-25-41(3)26-23-39-48(50(43-29-12-5-13-30-43,44-31-14-6-15-32-44)45-33-16-7-17-34-45)49(42-27-10-4-11-28-42)51(46-35-18-8-19-36-46,47-37-20-9-21-38-47)57-60(55,56)58-59(52,53)54/h4-21,24,26-38H,22-23,25,39H2,1-3H3,(H,55,56)(H2,52,53,54)/b41-26-,49-48+. The Morgan fingerprint density at radius 2 is 0.883 bits per heavy atom. The highest BCUT2D eigenvalue weighted by Gasteiger charge is 2.52. The molecule has 0 spiro atoms. The second-order valence-electron chi connectivity index (χ2n) is 15.0. The number of hydrogen-bond acceptors (Lipinski definition) is 4. The Labute approximate surface area is 354 Å². The Morgan fingerprint density at radius 1 is 0.517 bits per heavy atom. The number of allylic oxidation sites excluding steroid dienone is 5. The first kappa shape index (κ1) is 44.4. The van der Waals surface area contributed by atoms with Gasteiger partial charge in [-0.3, -0.25) is 4.52 Å². The Hall–Kier alpha value is -5.20. The summed E-state index contributed by atoms with van der Waals surface area (Å²) in [6, 6.07) is 58.3. The van der Waals surface area contributed by atoms with Gasteiger partial charge < -0.3 is 14.7 Å². The van der Waals surface area contributed by atoms with Crippen molar-refractivity contribution in [3.8, 4) is 0 Å². The van der Waals surface area contributed by atoms with Crippen LogP contribution < -0.4 is 0 Å². The average Bonchev–Trinajstić information content (AvgIpc) is 3.24. The van der Waals surface area contributed by atoms with E-state index in [0.29, 0.717) is 35.1 Å². The van der Waals surface area contributed by atoms with Crippen LogP contribution in [0.1, 0.15) is 79.8 Å². The molecule has 0 aliphatic rings. The topological polar surface area (TPSA) is 113 Å². The van der Waals surface area contributed by atoms with Gasteiger partial charge >= 0.3 is 15.6 Å². The zero-order valence-corrected chi connectivity index (χ0v) is 36.0. The quantitative estimate of drug-likeness (QED) is 0.0449. The predicted molar refractivity (Wildman–Crippen MR) is 242 cm³/mol. The minimum absolute atomic E-state index is 0.419. The number of hydrogen-bond donors (Lipinski definition) is 3. The SMILES string of the molecule is CC(C)=CCC/C(C)=C\CC/C(=C(/c1ccccc1)C(OP(=O)(O)OP(=O)(O)O)(c1ccccc1)c1ccccc1)C(c1ccccc1)(c1ccccc1)c1ccccc1. The molecule has 0 amide bonds. The highest BCUT2D eigenvalue weighted by atomic mass is 31.3. The summed E-state index contributed by atoms with van der Waals surface area (Å²) >= 11 is 0. The van der Waals surface area contributed by atoms with Crippen molar-refractivity contribution in [1.82, 2.24) is 0 Å². The lowest BCUT2D eigenvalue weighted by Crippen LogP contribution is -2.39. The molecule has 60 heavy (non-hydrogen) atoms. The molecule has 0 fully saturated rings. The summed E-state index contributed by atoms with van der Waals surface area (Å²) in [6.45, 7) is 6.34.